The smallest absolute Gasteiger partial charge is 0.124 e. The molecule has 0 aliphatic carbocycles. The Morgan fingerprint density at radius 3 is 2.50 bits per heavy atom. The molecule has 0 amide bonds. The lowest BCUT2D eigenvalue weighted by molar-refractivity contribution is 0.473. The monoisotopic (exact) mass is 351 g/mol. The molecule has 1 N–H and O–H groups in total. The molecule has 0 aliphatic heterocycles. The van der Waals surface area contributed by atoms with Crippen LogP contribution in [0.3, 0.4) is 0 Å². The molecule has 0 radical (unpaired) electrons. The van der Waals surface area contributed by atoms with Crippen molar-refractivity contribution < 1.29 is 5.11 Å². The van der Waals surface area contributed by atoms with Gasteiger partial charge >= 0.3 is 0 Å². The van der Waals surface area contributed by atoms with Crippen LogP contribution in [-0.4, -0.2) is 11.3 Å². The molecule has 2 rings (SSSR count). The minimum atomic E-state index is 0.196. The largest absolute Gasteiger partial charge is 0.507 e. The normalized spacial score (nSPS) is 11.2. The van der Waals surface area contributed by atoms with Crippen LogP contribution in [-0.2, 0) is 0 Å². The maximum Gasteiger partial charge on any atom is 0.124 e. The molecule has 0 aromatic heterocycles. The minimum Gasteiger partial charge on any atom is -0.507 e. The summed E-state index contributed by atoms with van der Waals surface area (Å²) in [5.74, 6) is 0.196. The summed E-state index contributed by atoms with van der Waals surface area (Å²) in [5.41, 5.74) is 4.30. The zero-order valence-electron chi connectivity index (χ0n) is 11.5. The first-order chi connectivity index (χ1) is 9.40. The van der Waals surface area contributed by atoms with Gasteiger partial charge < -0.3 is 5.11 Å². The van der Waals surface area contributed by atoms with Crippen molar-refractivity contribution >= 4 is 39.4 Å². The number of halogens is 2. The van der Waals surface area contributed by atoms with Gasteiger partial charge in [0.15, 0.2) is 0 Å². The number of benzene rings is 2. The van der Waals surface area contributed by atoms with E-state index in [1.165, 1.54) is 0 Å². The number of aliphatic imine (C=N–C) groups is 1. The van der Waals surface area contributed by atoms with E-state index in [9.17, 15) is 5.11 Å². The maximum atomic E-state index is 10.0. The first-order valence-corrected chi connectivity index (χ1v) is 7.36. The van der Waals surface area contributed by atoms with Crippen molar-refractivity contribution in [1.82, 2.24) is 0 Å². The summed E-state index contributed by atoms with van der Waals surface area (Å²) in [5, 5.41) is 10.7. The summed E-state index contributed by atoms with van der Waals surface area (Å²) in [6.45, 7) is 5.76. The minimum absolute atomic E-state index is 0.196. The first kappa shape index (κ1) is 15.1. The Balaban J connectivity index is 2.41. The first-order valence-electron chi connectivity index (χ1n) is 6.19. The van der Waals surface area contributed by atoms with Gasteiger partial charge in [0, 0.05) is 21.3 Å². The second-order valence-electron chi connectivity index (χ2n) is 4.76. The van der Waals surface area contributed by atoms with E-state index in [2.05, 4.69) is 20.9 Å². The van der Waals surface area contributed by atoms with Crippen LogP contribution in [0.25, 0.3) is 0 Å². The summed E-state index contributed by atoms with van der Waals surface area (Å²) < 4.78 is 1.05. The Labute approximate surface area is 132 Å². The molecule has 2 nitrogen and oxygen atoms in total. The van der Waals surface area contributed by atoms with Gasteiger partial charge in [-0.25, -0.2) is 0 Å². The van der Waals surface area contributed by atoms with Gasteiger partial charge in [0.2, 0.25) is 0 Å². The molecule has 0 heterocycles. The standard InChI is InChI=1S/C16H15BrClNO/c1-9-6-12(4-5-14(9)17)19-8-13-11(3)16(18)10(2)7-15(13)20/h4-8,20H,1-3H3. The molecular weight excluding hydrogens is 338 g/mol. The van der Waals surface area contributed by atoms with Crippen LogP contribution in [0.2, 0.25) is 5.02 Å². The van der Waals surface area contributed by atoms with Crippen molar-refractivity contribution in [3.63, 3.8) is 0 Å². The van der Waals surface area contributed by atoms with Gasteiger partial charge in [-0.2, -0.15) is 0 Å². The lowest BCUT2D eigenvalue weighted by Crippen LogP contribution is -1.92. The molecule has 20 heavy (non-hydrogen) atoms. The number of aryl methyl sites for hydroxylation is 2. The number of rotatable bonds is 2. The number of phenolic OH excluding ortho intramolecular Hbond substituents is 1. The van der Waals surface area contributed by atoms with Gasteiger partial charge in [-0.3, -0.25) is 4.99 Å². The molecule has 2 aromatic rings. The topological polar surface area (TPSA) is 32.6 Å². The van der Waals surface area contributed by atoms with Gasteiger partial charge in [0.05, 0.1) is 5.69 Å². The molecular formula is C16H15BrClNO. The summed E-state index contributed by atoms with van der Waals surface area (Å²) >= 11 is 9.66. The molecule has 0 spiro atoms. The van der Waals surface area contributed by atoms with E-state index >= 15 is 0 Å². The molecule has 4 heteroatoms. The highest BCUT2D eigenvalue weighted by Crippen LogP contribution is 2.30. The zero-order valence-corrected chi connectivity index (χ0v) is 13.9. The molecule has 0 unspecified atom stereocenters. The van der Waals surface area contributed by atoms with E-state index in [1.54, 1.807) is 12.3 Å². The molecule has 2 aromatic carbocycles. The Bertz CT molecular complexity index is 695. The fourth-order valence-electron chi connectivity index (χ4n) is 1.96. The van der Waals surface area contributed by atoms with Crippen LogP contribution >= 0.6 is 27.5 Å². The third kappa shape index (κ3) is 3.05. The third-order valence-electron chi connectivity index (χ3n) is 3.19. The number of aromatic hydroxyl groups is 1. The quantitative estimate of drug-likeness (QED) is 0.713. The van der Waals surface area contributed by atoms with Crippen LogP contribution in [0, 0.1) is 20.8 Å². The Hall–Kier alpha value is -1.32. The number of nitrogens with zero attached hydrogens (tertiary/aromatic N) is 1. The predicted molar refractivity (Wildman–Crippen MR) is 88.7 cm³/mol. The lowest BCUT2D eigenvalue weighted by Gasteiger charge is -2.08. The van der Waals surface area contributed by atoms with E-state index in [4.69, 9.17) is 11.6 Å². The Morgan fingerprint density at radius 2 is 1.85 bits per heavy atom. The highest BCUT2D eigenvalue weighted by atomic mass is 79.9. The number of phenols is 1. The van der Waals surface area contributed by atoms with Crippen LogP contribution in [0.1, 0.15) is 22.3 Å². The predicted octanol–water partition coefficient (Wildman–Crippen LogP) is 5.48. The molecule has 104 valence electrons. The molecule has 0 saturated carbocycles. The highest BCUT2D eigenvalue weighted by Gasteiger charge is 2.09. The SMILES string of the molecule is Cc1cc(N=Cc2c(O)cc(C)c(Cl)c2C)ccc1Br. The van der Waals surface area contributed by atoms with Gasteiger partial charge in [0.25, 0.3) is 0 Å². The Morgan fingerprint density at radius 1 is 1.15 bits per heavy atom. The van der Waals surface area contributed by atoms with Gasteiger partial charge in [-0.15, -0.1) is 0 Å². The Kier molecular flexibility index (Phi) is 4.51. The van der Waals surface area contributed by atoms with E-state index < -0.39 is 0 Å². The summed E-state index contributed by atoms with van der Waals surface area (Å²) in [7, 11) is 0. The van der Waals surface area contributed by atoms with Gasteiger partial charge in [-0.05, 0) is 61.7 Å². The number of hydrogen-bond acceptors (Lipinski definition) is 2. The third-order valence-corrected chi connectivity index (χ3v) is 4.66. The molecule has 0 bridgehead atoms. The van der Waals surface area contributed by atoms with Crippen molar-refractivity contribution in [2.24, 2.45) is 4.99 Å². The molecule has 0 atom stereocenters. The van der Waals surface area contributed by atoms with Crippen LogP contribution < -0.4 is 0 Å². The average molecular weight is 353 g/mol. The number of hydrogen-bond donors (Lipinski definition) is 1. The van der Waals surface area contributed by atoms with E-state index in [0.717, 1.165) is 26.9 Å². The fraction of sp³-hybridized carbons (Fsp3) is 0.188. The second kappa shape index (κ2) is 5.98. The fourth-order valence-corrected chi connectivity index (χ4v) is 2.37. The maximum absolute atomic E-state index is 10.0. The second-order valence-corrected chi connectivity index (χ2v) is 5.99. The summed E-state index contributed by atoms with van der Waals surface area (Å²) in [6, 6.07) is 7.50. The zero-order chi connectivity index (χ0) is 14.9. The molecule has 0 fully saturated rings. The average Bonchev–Trinajstić information content (AvgIpc) is 2.40. The van der Waals surface area contributed by atoms with Gasteiger partial charge in [-0.1, -0.05) is 27.5 Å². The summed E-state index contributed by atoms with van der Waals surface area (Å²) in [6.07, 6.45) is 1.65. The van der Waals surface area contributed by atoms with Crippen molar-refractivity contribution in [1.29, 1.82) is 0 Å². The lowest BCUT2D eigenvalue weighted by atomic mass is 10.0. The molecule has 0 saturated heterocycles. The van der Waals surface area contributed by atoms with E-state index in [0.29, 0.717) is 10.6 Å². The highest BCUT2D eigenvalue weighted by molar-refractivity contribution is 9.10. The van der Waals surface area contributed by atoms with Crippen LogP contribution in [0.15, 0.2) is 33.7 Å². The van der Waals surface area contributed by atoms with Crippen molar-refractivity contribution in [3.05, 3.63) is 56.0 Å². The van der Waals surface area contributed by atoms with Crippen LogP contribution in [0.4, 0.5) is 5.69 Å². The summed E-state index contributed by atoms with van der Waals surface area (Å²) in [4.78, 5) is 4.41. The van der Waals surface area contributed by atoms with E-state index in [1.807, 2.05) is 39.0 Å². The van der Waals surface area contributed by atoms with Crippen LogP contribution in [0.5, 0.6) is 5.75 Å². The van der Waals surface area contributed by atoms with E-state index in [-0.39, 0.29) is 5.75 Å². The van der Waals surface area contributed by atoms with Crippen molar-refractivity contribution in [2.75, 3.05) is 0 Å². The van der Waals surface area contributed by atoms with Crippen molar-refractivity contribution in [3.8, 4) is 5.75 Å². The molecule has 0 aliphatic rings. The van der Waals surface area contributed by atoms with Gasteiger partial charge in [0.1, 0.15) is 5.75 Å². The van der Waals surface area contributed by atoms with Crippen molar-refractivity contribution in [2.45, 2.75) is 20.8 Å².